The molecule has 0 spiro atoms. The van der Waals surface area contributed by atoms with Crippen LogP contribution < -0.4 is 5.32 Å². The number of ether oxygens (including phenoxy) is 5. The van der Waals surface area contributed by atoms with Crippen molar-refractivity contribution in [2.75, 3.05) is 6.61 Å². The van der Waals surface area contributed by atoms with E-state index in [-0.39, 0.29) is 12.8 Å². The lowest BCUT2D eigenvalue weighted by Gasteiger charge is -2.44. The molecule has 0 radical (unpaired) electrons. The van der Waals surface area contributed by atoms with E-state index in [2.05, 4.69) is 5.32 Å². The number of carbonyl (C=O) groups is 5. The van der Waals surface area contributed by atoms with E-state index in [0.29, 0.717) is 0 Å². The Morgan fingerprint density at radius 3 is 1.66 bits per heavy atom. The molecule has 1 fully saturated rings. The summed E-state index contributed by atoms with van der Waals surface area (Å²) in [4.78, 5) is 61.7. The van der Waals surface area contributed by atoms with Crippen molar-refractivity contribution in [1.82, 2.24) is 5.32 Å². The molecule has 0 aliphatic carbocycles. The van der Waals surface area contributed by atoms with Gasteiger partial charge >= 0.3 is 23.9 Å². The Bertz CT molecular complexity index is 1240. The number of aryl methyl sites for hydroxylation is 2. The minimum atomic E-state index is -1.38. The highest BCUT2D eigenvalue weighted by atomic mass is 16.7. The van der Waals surface area contributed by atoms with Crippen molar-refractivity contribution < 1.29 is 47.7 Å². The zero-order chi connectivity index (χ0) is 30.1. The van der Waals surface area contributed by atoms with E-state index in [1.165, 1.54) is 0 Å². The van der Waals surface area contributed by atoms with Crippen LogP contribution in [0, 0.1) is 13.8 Å². The lowest BCUT2D eigenvalue weighted by molar-refractivity contribution is -0.257. The number of esters is 4. The van der Waals surface area contributed by atoms with Crippen LogP contribution in [-0.4, -0.2) is 67.0 Å². The molecule has 1 aliphatic heterocycles. The van der Waals surface area contributed by atoms with E-state index >= 15 is 0 Å². The van der Waals surface area contributed by atoms with Gasteiger partial charge in [-0.1, -0.05) is 59.7 Å². The number of benzene rings is 2. The summed E-state index contributed by atoms with van der Waals surface area (Å²) in [5, 5.41) is 2.67. The van der Waals surface area contributed by atoms with Gasteiger partial charge in [-0.25, -0.2) is 0 Å². The van der Waals surface area contributed by atoms with Gasteiger partial charge in [0.1, 0.15) is 12.7 Å². The van der Waals surface area contributed by atoms with Crippen molar-refractivity contribution >= 4 is 29.8 Å². The van der Waals surface area contributed by atoms with Gasteiger partial charge in [0.05, 0.1) is 12.8 Å². The Morgan fingerprint density at radius 2 is 1.15 bits per heavy atom. The van der Waals surface area contributed by atoms with Gasteiger partial charge in [-0.15, -0.1) is 0 Å². The number of carbonyl (C=O) groups excluding carboxylic acids is 5. The molecule has 1 N–H and O–H groups in total. The molecule has 0 bridgehead atoms. The Hall–Kier alpha value is -4.25. The molecule has 0 aromatic heterocycles. The maximum Gasteiger partial charge on any atom is 0.310 e. The second kappa shape index (κ2) is 14.4. The van der Waals surface area contributed by atoms with Crippen molar-refractivity contribution in [3.05, 3.63) is 70.8 Å². The van der Waals surface area contributed by atoms with Crippen LogP contribution in [0.3, 0.4) is 0 Å². The van der Waals surface area contributed by atoms with E-state index < -0.39 is 67.0 Å². The molecule has 11 nitrogen and oxygen atoms in total. The van der Waals surface area contributed by atoms with Crippen molar-refractivity contribution in [3.8, 4) is 0 Å². The lowest BCUT2D eigenvalue weighted by atomic mass is 9.97. The third-order valence-corrected chi connectivity index (χ3v) is 6.21. The molecule has 2 aromatic rings. The van der Waals surface area contributed by atoms with Crippen LogP contribution in [0.2, 0.25) is 0 Å². The van der Waals surface area contributed by atoms with E-state index in [1.54, 1.807) is 24.3 Å². The standard InChI is InChI=1S/C30H35NO10/c1-17-6-10-22(11-7-17)14-25(35)31-30-29(40-21(5)34)28(39-20(4)33)27(38-19(3)32)24(41-30)16-37-26(36)15-23-12-8-18(2)9-13-23/h6-13,24,27-30H,14-16H2,1-5H3,(H,31,35)/t24?,27-,28-,29?,30+/m0/s1. The van der Waals surface area contributed by atoms with Crippen molar-refractivity contribution in [2.45, 2.75) is 78.1 Å². The molecule has 1 aliphatic rings. The Balaban J connectivity index is 1.84. The Kier molecular flexibility index (Phi) is 11.0. The largest absolute Gasteiger partial charge is 0.463 e. The van der Waals surface area contributed by atoms with Gasteiger partial charge in [0, 0.05) is 20.8 Å². The fourth-order valence-corrected chi connectivity index (χ4v) is 4.34. The number of hydrogen-bond donors (Lipinski definition) is 1. The fourth-order valence-electron chi connectivity index (χ4n) is 4.34. The highest BCUT2D eigenvalue weighted by Gasteiger charge is 2.52. The van der Waals surface area contributed by atoms with E-state index in [1.807, 2.05) is 38.1 Å². The maximum atomic E-state index is 13.0. The molecule has 41 heavy (non-hydrogen) atoms. The number of rotatable bonds is 10. The average Bonchev–Trinajstić information content (AvgIpc) is 2.88. The number of amides is 1. The molecule has 220 valence electrons. The summed E-state index contributed by atoms with van der Waals surface area (Å²) in [6, 6.07) is 14.7. The quantitative estimate of drug-likeness (QED) is 0.334. The molecule has 1 amide bonds. The normalized spacial score (nSPS) is 21.7. The van der Waals surface area contributed by atoms with Crippen LogP contribution in [0.4, 0.5) is 0 Å². The summed E-state index contributed by atoms with van der Waals surface area (Å²) in [7, 11) is 0. The molecule has 1 heterocycles. The van der Waals surface area contributed by atoms with Gasteiger partial charge in [-0.3, -0.25) is 24.0 Å². The van der Waals surface area contributed by atoms with Gasteiger partial charge in [-0.05, 0) is 25.0 Å². The summed E-state index contributed by atoms with van der Waals surface area (Å²) < 4.78 is 27.7. The molecule has 11 heteroatoms. The van der Waals surface area contributed by atoms with Crippen LogP contribution in [0.5, 0.6) is 0 Å². The van der Waals surface area contributed by atoms with Crippen LogP contribution >= 0.6 is 0 Å². The van der Waals surface area contributed by atoms with Gasteiger partial charge in [-0.2, -0.15) is 0 Å². The van der Waals surface area contributed by atoms with Crippen LogP contribution in [0.25, 0.3) is 0 Å². The first-order valence-electron chi connectivity index (χ1n) is 13.1. The van der Waals surface area contributed by atoms with Crippen molar-refractivity contribution in [3.63, 3.8) is 0 Å². The highest BCUT2D eigenvalue weighted by Crippen LogP contribution is 2.28. The van der Waals surface area contributed by atoms with Gasteiger partial charge in [0.2, 0.25) is 5.91 Å². The average molecular weight is 570 g/mol. The van der Waals surface area contributed by atoms with Gasteiger partial charge < -0.3 is 29.0 Å². The SMILES string of the molecule is CC(=O)OC1[C@H](NC(=O)Cc2ccc(C)cc2)OC(COC(=O)Cc2ccc(C)cc2)[C@H](OC(C)=O)[C@@H]1OC(C)=O. The first kappa shape index (κ1) is 31.3. The Labute approximate surface area is 238 Å². The summed E-state index contributed by atoms with van der Waals surface area (Å²) in [5.41, 5.74) is 3.52. The third kappa shape index (κ3) is 9.71. The molecular weight excluding hydrogens is 534 g/mol. The molecule has 0 saturated carbocycles. The Morgan fingerprint density at radius 1 is 0.683 bits per heavy atom. The van der Waals surface area contributed by atoms with E-state index in [0.717, 1.165) is 43.0 Å². The summed E-state index contributed by atoms with van der Waals surface area (Å²) in [6.07, 6.45) is -6.62. The smallest absolute Gasteiger partial charge is 0.310 e. The maximum absolute atomic E-state index is 13.0. The fraction of sp³-hybridized carbons (Fsp3) is 0.433. The second-order valence-corrected chi connectivity index (χ2v) is 9.89. The summed E-state index contributed by atoms with van der Waals surface area (Å²) >= 11 is 0. The highest BCUT2D eigenvalue weighted by molar-refractivity contribution is 5.79. The minimum absolute atomic E-state index is 0.0191. The van der Waals surface area contributed by atoms with Crippen LogP contribution in [0.1, 0.15) is 43.0 Å². The summed E-state index contributed by atoms with van der Waals surface area (Å²) in [6.45, 7) is 6.85. The molecular formula is C30H35NO10. The lowest BCUT2D eigenvalue weighted by Crippen LogP contribution is -2.66. The zero-order valence-electron chi connectivity index (χ0n) is 23.7. The molecule has 2 aromatic carbocycles. The molecule has 1 saturated heterocycles. The molecule has 5 atom stereocenters. The first-order valence-corrected chi connectivity index (χ1v) is 13.1. The predicted molar refractivity (Wildman–Crippen MR) is 144 cm³/mol. The molecule has 3 rings (SSSR count). The second-order valence-electron chi connectivity index (χ2n) is 9.89. The first-order chi connectivity index (χ1) is 19.4. The number of hydrogen-bond acceptors (Lipinski definition) is 10. The van der Waals surface area contributed by atoms with Crippen molar-refractivity contribution in [1.29, 1.82) is 0 Å². The topological polar surface area (TPSA) is 144 Å². The molecule has 2 unspecified atom stereocenters. The summed E-state index contributed by atoms with van der Waals surface area (Å²) in [5.74, 6) is -3.30. The van der Waals surface area contributed by atoms with E-state index in [4.69, 9.17) is 23.7 Å². The zero-order valence-corrected chi connectivity index (χ0v) is 23.7. The van der Waals surface area contributed by atoms with E-state index in [9.17, 15) is 24.0 Å². The van der Waals surface area contributed by atoms with Gasteiger partial charge in [0.15, 0.2) is 24.5 Å². The predicted octanol–water partition coefficient (Wildman–Crippen LogP) is 2.27. The van der Waals surface area contributed by atoms with Gasteiger partial charge in [0.25, 0.3) is 0 Å². The minimum Gasteiger partial charge on any atom is -0.463 e. The number of nitrogens with one attached hydrogen (secondary N) is 1. The van der Waals surface area contributed by atoms with Crippen LogP contribution in [-0.2, 0) is 60.5 Å². The third-order valence-electron chi connectivity index (χ3n) is 6.21. The monoisotopic (exact) mass is 569 g/mol. The van der Waals surface area contributed by atoms with Crippen molar-refractivity contribution in [2.24, 2.45) is 0 Å². The van der Waals surface area contributed by atoms with Crippen LogP contribution in [0.15, 0.2) is 48.5 Å².